The first-order chi connectivity index (χ1) is 21.1. The maximum atomic E-state index is 14.1. The summed E-state index contributed by atoms with van der Waals surface area (Å²) in [7, 11) is 8.60. The molecule has 0 aliphatic carbocycles. The Morgan fingerprint density at radius 3 is 2.04 bits per heavy atom. The Morgan fingerprint density at radius 2 is 1.58 bits per heavy atom. The summed E-state index contributed by atoms with van der Waals surface area (Å²) in [5, 5.41) is 5.85. The van der Waals surface area contributed by atoms with Crippen molar-refractivity contribution in [2.45, 2.75) is 111 Å². The van der Waals surface area contributed by atoms with Crippen LogP contribution in [0.3, 0.4) is 0 Å². The van der Waals surface area contributed by atoms with Crippen molar-refractivity contribution in [3.63, 3.8) is 0 Å². The molecule has 12 heteroatoms. The third kappa shape index (κ3) is 10.9. The summed E-state index contributed by atoms with van der Waals surface area (Å²) < 4.78 is 11.8. The van der Waals surface area contributed by atoms with Gasteiger partial charge >= 0.3 is 0 Å². The number of nitrogens with one attached hydrogen (secondary N) is 2. The number of carbonyl (C=O) groups is 4. The minimum Gasteiger partial charge on any atom is -0.379 e. The number of ether oxygens (including phenoxy) is 2. The molecule has 0 bridgehead atoms. The zero-order chi connectivity index (χ0) is 34.6. The molecule has 0 aromatic rings. The van der Waals surface area contributed by atoms with Crippen molar-refractivity contribution in [1.29, 1.82) is 0 Å². The van der Waals surface area contributed by atoms with Gasteiger partial charge in [-0.15, -0.1) is 0 Å². The molecule has 0 aromatic carbocycles. The number of rotatable bonds is 19. The van der Waals surface area contributed by atoms with Crippen LogP contribution in [0.1, 0.15) is 74.1 Å². The number of hydrogen-bond donors (Lipinski definition) is 3. The van der Waals surface area contributed by atoms with Crippen LogP contribution in [0, 0.1) is 23.7 Å². The first-order valence-electron chi connectivity index (χ1n) is 16.7. The lowest BCUT2D eigenvalue weighted by Crippen LogP contribution is -2.59. The molecular formula is C33H64N6O6. The number of amides is 4. The fourth-order valence-corrected chi connectivity index (χ4v) is 6.77. The Kier molecular flexibility index (Phi) is 17.6. The highest BCUT2D eigenvalue weighted by Crippen LogP contribution is 2.29. The summed E-state index contributed by atoms with van der Waals surface area (Å²) in [6.45, 7) is 15.0. The average Bonchev–Trinajstić information content (AvgIpc) is 3.46. The molecule has 45 heavy (non-hydrogen) atoms. The predicted molar refractivity (Wildman–Crippen MR) is 177 cm³/mol. The van der Waals surface area contributed by atoms with E-state index in [0.29, 0.717) is 19.6 Å². The van der Waals surface area contributed by atoms with Gasteiger partial charge in [-0.3, -0.25) is 24.1 Å². The second kappa shape index (κ2) is 19.4. The van der Waals surface area contributed by atoms with E-state index in [9.17, 15) is 19.2 Å². The molecule has 1 saturated heterocycles. The molecule has 4 N–H and O–H groups in total. The average molecular weight is 641 g/mol. The Hall–Kier alpha value is -2.28. The molecule has 262 valence electrons. The van der Waals surface area contributed by atoms with Crippen molar-refractivity contribution in [3.8, 4) is 0 Å². The van der Waals surface area contributed by atoms with Gasteiger partial charge in [0.05, 0.1) is 42.7 Å². The van der Waals surface area contributed by atoms with E-state index in [4.69, 9.17) is 15.2 Å². The normalized spacial score (nSPS) is 20.0. The minimum atomic E-state index is -0.735. The molecule has 0 aromatic heterocycles. The van der Waals surface area contributed by atoms with Gasteiger partial charge in [-0.25, -0.2) is 0 Å². The van der Waals surface area contributed by atoms with Gasteiger partial charge in [0.2, 0.25) is 23.6 Å². The largest absolute Gasteiger partial charge is 0.379 e. The van der Waals surface area contributed by atoms with Crippen molar-refractivity contribution >= 4 is 23.6 Å². The van der Waals surface area contributed by atoms with Crippen LogP contribution in [-0.4, -0.2) is 130 Å². The molecule has 0 spiro atoms. The lowest BCUT2D eigenvalue weighted by atomic mass is 9.89. The van der Waals surface area contributed by atoms with Gasteiger partial charge in [0.1, 0.15) is 6.04 Å². The Morgan fingerprint density at radius 1 is 0.956 bits per heavy atom. The maximum Gasteiger partial charge on any atom is 0.245 e. The van der Waals surface area contributed by atoms with E-state index in [1.54, 1.807) is 26.2 Å². The number of nitrogens with two attached hydrogens (primary N) is 1. The third-order valence-electron chi connectivity index (χ3n) is 9.39. The zero-order valence-corrected chi connectivity index (χ0v) is 30.1. The number of likely N-dealkylation sites (N-methyl/N-ethyl adjacent to an activating group) is 2. The standard InChI is InChI=1S/C33H64N6O6/c1-13-22(6)29(38(10)33(43)27(20(2)3)36-32(42)28(21(4)5)37(8)9)25(44-11)19-26(40)39-18-14-15-24(39)30(45-12)23(7)31(41)35-17-16-34/h20-25,27-30H,13-19,34H2,1-12H3,(H,35,41)(H,36,42)/t22-,23+,24-,25+,27-,28-,29-,30?/m0/s1. The molecule has 4 amide bonds. The number of hydrogen-bond acceptors (Lipinski definition) is 8. The Labute approximate surface area is 272 Å². The Bertz CT molecular complexity index is 939. The fraction of sp³-hybridized carbons (Fsp3) is 0.879. The van der Waals surface area contributed by atoms with Crippen LogP contribution in [0.25, 0.3) is 0 Å². The highest BCUT2D eigenvalue weighted by molar-refractivity contribution is 5.90. The van der Waals surface area contributed by atoms with Crippen molar-refractivity contribution < 1.29 is 28.7 Å². The van der Waals surface area contributed by atoms with Crippen LogP contribution in [0.15, 0.2) is 0 Å². The van der Waals surface area contributed by atoms with Crippen molar-refractivity contribution in [1.82, 2.24) is 25.3 Å². The van der Waals surface area contributed by atoms with E-state index >= 15 is 0 Å². The van der Waals surface area contributed by atoms with Crippen molar-refractivity contribution in [3.05, 3.63) is 0 Å². The fourth-order valence-electron chi connectivity index (χ4n) is 6.77. The molecule has 0 radical (unpaired) electrons. The monoisotopic (exact) mass is 640 g/mol. The van der Waals surface area contributed by atoms with Gasteiger partial charge in [-0.2, -0.15) is 0 Å². The van der Waals surface area contributed by atoms with Crippen LogP contribution in [0.2, 0.25) is 0 Å². The number of methoxy groups -OCH3 is 2. The number of likely N-dealkylation sites (tertiary alicyclic amines) is 1. The second-order valence-electron chi connectivity index (χ2n) is 13.6. The molecule has 1 rings (SSSR count). The molecule has 1 fully saturated rings. The molecule has 1 heterocycles. The Balaban J connectivity index is 3.25. The lowest BCUT2D eigenvalue weighted by Gasteiger charge is -2.41. The van der Waals surface area contributed by atoms with Crippen LogP contribution in [-0.2, 0) is 28.7 Å². The minimum absolute atomic E-state index is 0.0118. The third-order valence-corrected chi connectivity index (χ3v) is 9.39. The zero-order valence-electron chi connectivity index (χ0n) is 30.1. The van der Waals surface area contributed by atoms with Crippen molar-refractivity contribution in [2.24, 2.45) is 29.4 Å². The van der Waals surface area contributed by atoms with Crippen LogP contribution in [0.5, 0.6) is 0 Å². The molecule has 1 unspecified atom stereocenters. The van der Waals surface area contributed by atoms with E-state index in [2.05, 4.69) is 17.6 Å². The van der Waals surface area contributed by atoms with Gasteiger partial charge in [-0.1, -0.05) is 54.9 Å². The SMILES string of the molecule is CC[C@H](C)[C@@H]([C@@H](CC(=O)N1CCC[C@H]1C(OC)[C@@H](C)C(=O)NCCN)OC)N(C)C(=O)[C@@H](NC(=O)[C@H](C(C)C)N(C)C)C(C)C. The topological polar surface area (TPSA) is 147 Å². The summed E-state index contributed by atoms with van der Waals surface area (Å²) in [6.07, 6.45) is 1.30. The molecule has 1 aliphatic heterocycles. The predicted octanol–water partition coefficient (Wildman–Crippen LogP) is 1.71. The first kappa shape index (κ1) is 40.7. The molecule has 12 nitrogen and oxygen atoms in total. The maximum absolute atomic E-state index is 14.1. The summed E-state index contributed by atoms with van der Waals surface area (Å²) in [6, 6.07) is -1.78. The van der Waals surface area contributed by atoms with Gasteiger partial charge in [0.15, 0.2) is 0 Å². The van der Waals surface area contributed by atoms with E-state index in [1.165, 1.54) is 0 Å². The number of nitrogens with zero attached hydrogens (tertiary/aromatic N) is 3. The van der Waals surface area contributed by atoms with Crippen LogP contribution < -0.4 is 16.4 Å². The van der Waals surface area contributed by atoms with E-state index < -0.39 is 30.2 Å². The summed E-state index contributed by atoms with van der Waals surface area (Å²) in [5.41, 5.74) is 5.55. The molecular weight excluding hydrogens is 576 g/mol. The smallest absolute Gasteiger partial charge is 0.245 e. The quantitative estimate of drug-likeness (QED) is 0.194. The molecule has 1 aliphatic rings. The van der Waals surface area contributed by atoms with E-state index in [0.717, 1.165) is 19.3 Å². The molecule has 0 saturated carbocycles. The van der Waals surface area contributed by atoms with Gasteiger partial charge in [0.25, 0.3) is 0 Å². The summed E-state index contributed by atoms with van der Waals surface area (Å²) >= 11 is 0. The van der Waals surface area contributed by atoms with E-state index in [1.807, 2.05) is 65.4 Å². The highest BCUT2D eigenvalue weighted by Gasteiger charge is 2.43. The second-order valence-corrected chi connectivity index (χ2v) is 13.6. The van der Waals surface area contributed by atoms with Crippen LogP contribution in [0.4, 0.5) is 0 Å². The lowest BCUT2D eigenvalue weighted by molar-refractivity contribution is -0.148. The van der Waals surface area contributed by atoms with Gasteiger partial charge in [0, 0.05) is 40.9 Å². The van der Waals surface area contributed by atoms with Gasteiger partial charge < -0.3 is 35.6 Å². The summed E-state index contributed by atoms with van der Waals surface area (Å²) in [4.78, 5) is 59.4. The first-order valence-corrected chi connectivity index (χ1v) is 16.7. The summed E-state index contributed by atoms with van der Waals surface area (Å²) in [5.74, 6) is -1.21. The highest BCUT2D eigenvalue weighted by atomic mass is 16.5. The number of carbonyl (C=O) groups excluding carboxylic acids is 4. The van der Waals surface area contributed by atoms with Crippen molar-refractivity contribution in [2.75, 3.05) is 55.0 Å². The molecule has 8 atom stereocenters. The van der Waals surface area contributed by atoms with Gasteiger partial charge in [-0.05, 0) is 44.7 Å². The van der Waals surface area contributed by atoms with Crippen LogP contribution >= 0.6 is 0 Å². The van der Waals surface area contributed by atoms with E-state index in [-0.39, 0.29) is 59.9 Å².